The summed E-state index contributed by atoms with van der Waals surface area (Å²) in [6.07, 6.45) is 2.42. The SMILES string of the molecule is CCCC(C)Oc1ccc(C#N)cc1. The van der Waals surface area contributed by atoms with Crippen LogP contribution in [0.1, 0.15) is 32.3 Å². The predicted octanol–water partition coefficient (Wildman–Crippen LogP) is 3.13. The van der Waals surface area contributed by atoms with E-state index in [1.54, 1.807) is 12.1 Å². The molecule has 74 valence electrons. The Kier molecular flexibility index (Phi) is 4.00. The van der Waals surface area contributed by atoms with Crippen LogP contribution in [-0.4, -0.2) is 6.10 Å². The van der Waals surface area contributed by atoms with Gasteiger partial charge in [0.25, 0.3) is 0 Å². The van der Waals surface area contributed by atoms with Gasteiger partial charge < -0.3 is 4.74 Å². The highest BCUT2D eigenvalue weighted by atomic mass is 16.5. The Labute approximate surface area is 85.1 Å². The number of nitrogens with zero attached hydrogens (tertiary/aromatic N) is 1. The van der Waals surface area contributed by atoms with Gasteiger partial charge in [0.2, 0.25) is 0 Å². The van der Waals surface area contributed by atoms with Gasteiger partial charge in [0.05, 0.1) is 17.7 Å². The van der Waals surface area contributed by atoms with Crippen LogP contribution in [0.5, 0.6) is 5.75 Å². The highest BCUT2D eigenvalue weighted by molar-refractivity contribution is 5.34. The van der Waals surface area contributed by atoms with Crippen LogP contribution in [0.15, 0.2) is 24.3 Å². The summed E-state index contributed by atoms with van der Waals surface area (Å²) in [5.74, 6) is 0.838. The number of rotatable bonds is 4. The molecule has 14 heavy (non-hydrogen) atoms. The van der Waals surface area contributed by atoms with Gasteiger partial charge in [-0.05, 0) is 37.6 Å². The van der Waals surface area contributed by atoms with Gasteiger partial charge in [0.1, 0.15) is 5.75 Å². The lowest BCUT2D eigenvalue weighted by molar-refractivity contribution is 0.210. The second-order valence-electron chi connectivity index (χ2n) is 3.35. The highest BCUT2D eigenvalue weighted by Crippen LogP contribution is 2.14. The summed E-state index contributed by atoms with van der Waals surface area (Å²) >= 11 is 0. The minimum absolute atomic E-state index is 0.243. The van der Waals surface area contributed by atoms with Crippen LogP contribution >= 0.6 is 0 Å². The monoisotopic (exact) mass is 189 g/mol. The third-order valence-electron chi connectivity index (χ3n) is 2.02. The second-order valence-corrected chi connectivity index (χ2v) is 3.35. The largest absolute Gasteiger partial charge is 0.491 e. The fourth-order valence-electron chi connectivity index (χ4n) is 1.31. The van der Waals surface area contributed by atoms with Crippen molar-refractivity contribution in [1.82, 2.24) is 0 Å². The molecule has 1 rings (SSSR count). The molecule has 0 amide bonds. The minimum Gasteiger partial charge on any atom is -0.491 e. The molecule has 0 aromatic heterocycles. The number of benzene rings is 1. The van der Waals surface area contributed by atoms with E-state index < -0.39 is 0 Å². The molecule has 0 radical (unpaired) electrons. The van der Waals surface area contributed by atoms with Crippen molar-refractivity contribution >= 4 is 0 Å². The summed E-state index contributed by atoms with van der Waals surface area (Å²) in [4.78, 5) is 0. The summed E-state index contributed by atoms with van der Waals surface area (Å²) in [6.45, 7) is 4.19. The van der Waals surface area contributed by atoms with Crippen molar-refractivity contribution in [2.45, 2.75) is 32.8 Å². The quantitative estimate of drug-likeness (QED) is 0.729. The molecule has 1 aromatic carbocycles. The number of hydrogen-bond donors (Lipinski definition) is 0. The molecule has 0 spiro atoms. The molecule has 0 bridgehead atoms. The number of hydrogen-bond acceptors (Lipinski definition) is 2. The molecule has 0 fully saturated rings. The molecule has 1 aromatic rings. The maximum atomic E-state index is 8.60. The topological polar surface area (TPSA) is 33.0 Å². The molecule has 0 aliphatic carbocycles. The van der Waals surface area contributed by atoms with E-state index in [4.69, 9.17) is 10.00 Å². The van der Waals surface area contributed by atoms with Crippen LogP contribution in [0.2, 0.25) is 0 Å². The highest BCUT2D eigenvalue weighted by Gasteiger charge is 2.01. The van der Waals surface area contributed by atoms with Gasteiger partial charge in [0, 0.05) is 0 Å². The van der Waals surface area contributed by atoms with Crippen LogP contribution in [0.4, 0.5) is 0 Å². The minimum atomic E-state index is 0.243. The average molecular weight is 189 g/mol. The Balaban J connectivity index is 2.56. The maximum absolute atomic E-state index is 8.60. The molecule has 1 atom stereocenters. The van der Waals surface area contributed by atoms with Gasteiger partial charge in [-0.2, -0.15) is 5.26 Å². The fraction of sp³-hybridized carbons (Fsp3) is 0.417. The van der Waals surface area contributed by atoms with E-state index in [0.29, 0.717) is 5.56 Å². The number of nitriles is 1. The first kappa shape index (κ1) is 10.6. The third kappa shape index (κ3) is 3.10. The summed E-state index contributed by atoms with van der Waals surface area (Å²) in [5.41, 5.74) is 0.667. The van der Waals surface area contributed by atoms with E-state index in [0.717, 1.165) is 18.6 Å². The normalized spacial score (nSPS) is 11.8. The Morgan fingerprint density at radius 3 is 2.50 bits per heavy atom. The molecule has 2 nitrogen and oxygen atoms in total. The second kappa shape index (κ2) is 5.29. The van der Waals surface area contributed by atoms with Crippen molar-refractivity contribution in [3.63, 3.8) is 0 Å². The standard InChI is InChI=1S/C12H15NO/c1-3-4-10(2)14-12-7-5-11(9-13)6-8-12/h5-8,10H,3-4H2,1-2H3. The van der Waals surface area contributed by atoms with Crippen molar-refractivity contribution in [3.05, 3.63) is 29.8 Å². The molecule has 0 N–H and O–H groups in total. The molecule has 0 aliphatic rings. The van der Waals surface area contributed by atoms with E-state index in [-0.39, 0.29) is 6.10 Å². The van der Waals surface area contributed by atoms with Gasteiger partial charge >= 0.3 is 0 Å². The molecule has 1 unspecified atom stereocenters. The van der Waals surface area contributed by atoms with Crippen LogP contribution in [0, 0.1) is 11.3 Å². The average Bonchev–Trinajstić information content (AvgIpc) is 2.19. The first-order chi connectivity index (χ1) is 6.76. The summed E-state index contributed by atoms with van der Waals surface area (Å²) < 4.78 is 5.64. The van der Waals surface area contributed by atoms with Gasteiger partial charge in [0.15, 0.2) is 0 Å². The molecular weight excluding hydrogens is 174 g/mol. The van der Waals surface area contributed by atoms with Gasteiger partial charge in [-0.25, -0.2) is 0 Å². The van der Waals surface area contributed by atoms with E-state index >= 15 is 0 Å². The van der Waals surface area contributed by atoms with Crippen molar-refractivity contribution in [1.29, 1.82) is 5.26 Å². The van der Waals surface area contributed by atoms with Gasteiger partial charge in [-0.1, -0.05) is 13.3 Å². The van der Waals surface area contributed by atoms with Gasteiger partial charge in [-0.15, -0.1) is 0 Å². The van der Waals surface area contributed by atoms with E-state index in [1.165, 1.54) is 0 Å². The third-order valence-corrected chi connectivity index (χ3v) is 2.02. The van der Waals surface area contributed by atoms with E-state index in [1.807, 2.05) is 12.1 Å². The molecule has 0 aliphatic heterocycles. The molecule has 2 heteroatoms. The first-order valence-corrected chi connectivity index (χ1v) is 4.93. The van der Waals surface area contributed by atoms with Crippen LogP contribution in [0.3, 0.4) is 0 Å². The Hall–Kier alpha value is -1.49. The van der Waals surface area contributed by atoms with Crippen molar-refractivity contribution < 1.29 is 4.74 Å². The van der Waals surface area contributed by atoms with E-state index in [9.17, 15) is 0 Å². The molecule has 0 heterocycles. The summed E-state index contributed by atoms with van der Waals surface area (Å²) in [6, 6.07) is 9.30. The fourth-order valence-corrected chi connectivity index (χ4v) is 1.31. The Bertz CT molecular complexity index is 310. The predicted molar refractivity (Wildman–Crippen MR) is 56.2 cm³/mol. The summed E-state index contributed by atoms with van der Waals surface area (Å²) in [5, 5.41) is 8.60. The lowest BCUT2D eigenvalue weighted by Gasteiger charge is -2.13. The zero-order chi connectivity index (χ0) is 10.4. The smallest absolute Gasteiger partial charge is 0.119 e. The van der Waals surface area contributed by atoms with E-state index in [2.05, 4.69) is 19.9 Å². The van der Waals surface area contributed by atoms with Crippen molar-refractivity contribution in [2.75, 3.05) is 0 Å². The zero-order valence-corrected chi connectivity index (χ0v) is 8.66. The van der Waals surface area contributed by atoms with Crippen LogP contribution in [-0.2, 0) is 0 Å². The zero-order valence-electron chi connectivity index (χ0n) is 8.66. The lowest BCUT2D eigenvalue weighted by atomic mass is 10.2. The molecule has 0 saturated heterocycles. The Morgan fingerprint density at radius 1 is 1.36 bits per heavy atom. The number of ether oxygens (including phenoxy) is 1. The Morgan fingerprint density at radius 2 is 2.00 bits per heavy atom. The molecular formula is C12H15NO. The van der Waals surface area contributed by atoms with Crippen molar-refractivity contribution in [2.24, 2.45) is 0 Å². The molecule has 0 saturated carbocycles. The van der Waals surface area contributed by atoms with Crippen molar-refractivity contribution in [3.8, 4) is 11.8 Å². The maximum Gasteiger partial charge on any atom is 0.119 e. The van der Waals surface area contributed by atoms with Crippen LogP contribution < -0.4 is 4.74 Å². The summed E-state index contributed by atoms with van der Waals surface area (Å²) in [7, 11) is 0. The van der Waals surface area contributed by atoms with Gasteiger partial charge in [-0.3, -0.25) is 0 Å². The first-order valence-electron chi connectivity index (χ1n) is 4.93. The van der Waals surface area contributed by atoms with Crippen LogP contribution in [0.25, 0.3) is 0 Å². The lowest BCUT2D eigenvalue weighted by Crippen LogP contribution is -2.10.